The molecule has 3 atom stereocenters. The van der Waals surface area contributed by atoms with E-state index in [1.165, 1.54) is 0 Å². The Hall–Kier alpha value is -3.10. The van der Waals surface area contributed by atoms with E-state index in [9.17, 15) is 19.2 Å². The summed E-state index contributed by atoms with van der Waals surface area (Å²) in [5.74, 6) is -2.13. The molecule has 0 saturated carbocycles. The average Bonchev–Trinajstić information content (AvgIpc) is 2.67. The van der Waals surface area contributed by atoms with E-state index in [2.05, 4.69) is 10.6 Å². The largest absolute Gasteiger partial charge is 0.445 e. The molecule has 0 unspecified atom stereocenters. The van der Waals surface area contributed by atoms with E-state index in [0.717, 1.165) is 5.56 Å². The van der Waals surface area contributed by atoms with Gasteiger partial charge in [-0.15, -0.1) is 0 Å². The van der Waals surface area contributed by atoms with Crippen molar-refractivity contribution in [2.45, 2.75) is 51.8 Å². The molecule has 9 heteroatoms. The number of amides is 4. The highest BCUT2D eigenvalue weighted by atomic mass is 16.5. The smallest absolute Gasteiger partial charge is 0.408 e. The van der Waals surface area contributed by atoms with E-state index in [0.29, 0.717) is 6.42 Å². The maximum absolute atomic E-state index is 12.6. The Morgan fingerprint density at radius 3 is 2.25 bits per heavy atom. The fourth-order valence-corrected chi connectivity index (χ4v) is 2.45. The Bertz CT molecular complexity index is 680. The molecule has 0 fully saturated rings. The minimum absolute atomic E-state index is 0.0214. The Morgan fingerprint density at radius 1 is 1.07 bits per heavy atom. The molecule has 6 N–H and O–H groups in total. The van der Waals surface area contributed by atoms with Crippen molar-refractivity contribution in [3.8, 4) is 0 Å². The first-order chi connectivity index (χ1) is 13.2. The number of rotatable bonds is 11. The topological polar surface area (TPSA) is 154 Å². The number of primary amides is 2. The van der Waals surface area contributed by atoms with Gasteiger partial charge in [0, 0.05) is 6.42 Å². The second-order valence-electron chi connectivity index (χ2n) is 6.54. The van der Waals surface area contributed by atoms with Crippen LogP contribution < -0.4 is 22.1 Å². The molecular weight excluding hydrogens is 364 g/mol. The second-order valence-corrected chi connectivity index (χ2v) is 6.54. The Balaban J connectivity index is 2.74. The van der Waals surface area contributed by atoms with Crippen molar-refractivity contribution >= 4 is 23.8 Å². The summed E-state index contributed by atoms with van der Waals surface area (Å²) in [5, 5.41) is 4.94. The zero-order valence-corrected chi connectivity index (χ0v) is 16.1. The van der Waals surface area contributed by atoms with Crippen LogP contribution >= 0.6 is 0 Å². The number of benzene rings is 1. The zero-order chi connectivity index (χ0) is 21.1. The quantitative estimate of drug-likeness (QED) is 0.433. The van der Waals surface area contributed by atoms with Gasteiger partial charge in [0.05, 0.1) is 0 Å². The highest BCUT2D eigenvalue weighted by Crippen LogP contribution is 2.09. The summed E-state index contributed by atoms with van der Waals surface area (Å²) in [6, 6.07) is 7.03. The van der Waals surface area contributed by atoms with Gasteiger partial charge in [-0.1, -0.05) is 50.6 Å². The van der Waals surface area contributed by atoms with E-state index in [1.54, 1.807) is 31.2 Å². The fraction of sp³-hybridized carbons (Fsp3) is 0.474. The van der Waals surface area contributed by atoms with E-state index in [4.69, 9.17) is 16.2 Å². The third-order valence-electron chi connectivity index (χ3n) is 4.32. The van der Waals surface area contributed by atoms with Crippen LogP contribution in [0.1, 0.15) is 38.7 Å². The van der Waals surface area contributed by atoms with E-state index >= 15 is 0 Å². The van der Waals surface area contributed by atoms with Crippen molar-refractivity contribution in [1.29, 1.82) is 0 Å². The fourth-order valence-electron chi connectivity index (χ4n) is 2.45. The summed E-state index contributed by atoms with van der Waals surface area (Å²) in [6.45, 7) is 3.65. The lowest BCUT2D eigenvalue weighted by molar-refractivity contribution is -0.130. The lowest BCUT2D eigenvalue weighted by atomic mass is 9.98. The van der Waals surface area contributed by atoms with Gasteiger partial charge in [0.2, 0.25) is 17.7 Å². The Kier molecular flexibility index (Phi) is 9.49. The van der Waals surface area contributed by atoms with Gasteiger partial charge < -0.3 is 26.8 Å². The van der Waals surface area contributed by atoms with Crippen molar-refractivity contribution in [2.75, 3.05) is 0 Å². The summed E-state index contributed by atoms with van der Waals surface area (Å²) in [5.41, 5.74) is 11.3. The van der Waals surface area contributed by atoms with Crippen LogP contribution in [0.5, 0.6) is 0 Å². The van der Waals surface area contributed by atoms with Crippen LogP contribution in [-0.2, 0) is 25.7 Å². The average molecular weight is 392 g/mol. The predicted molar refractivity (Wildman–Crippen MR) is 103 cm³/mol. The predicted octanol–water partition coefficient (Wildman–Crippen LogP) is 0.563. The molecule has 0 saturated heterocycles. The molecule has 28 heavy (non-hydrogen) atoms. The Labute approximate surface area is 164 Å². The Morgan fingerprint density at radius 2 is 1.71 bits per heavy atom. The molecule has 1 aromatic rings. The molecule has 0 heterocycles. The van der Waals surface area contributed by atoms with Crippen molar-refractivity contribution < 1.29 is 23.9 Å². The number of carbonyl (C=O) groups is 4. The number of nitrogens with two attached hydrogens (primary N) is 2. The number of hydrogen-bond acceptors (Lipinski definition) is 5. The molecular formula is C19H28N4O5. The zero-order valence-electron chi connectivity index (χ0n) is 16.1. The first kappa shape index (κ1) is 22.9. The summed E-state index contributed by atoms with van der Waals surface area (Å²) in [6.07, 6.45) is -0.366. The lowest BCUT2D eigenvalue weighted by Gasteiger charge is -2.24. The summed E-state index contributed by atoms with van der Waals surface area (Å²) < 4.78 is 5.10. The molecule has 0 aliphatic rings. The van der Waals surface area contributed by atoms with Gasteiger partial charge in [-0.2, -0.15) is 0 Å². The van der Waals surface area contributed by atoms with Crippen LogP contribution in [0.2, 0.25) is 0 Å². The number of nitrogens with one attached hydrogen (secondary N) is 2. The maximum atomic E-state index is 12.6. The van der Waals surface area contributed by atoms with Gasteiger partial charge in [-0.3, -0.25) is 14.4 Å². The minimum Gasteiger partial charge on any atom is -0.445 e. The lowest BCUT2D eigenvalue weighted by Crippen LogP contribution is -2.55. The minimum atomic E-state index is -1.10. The van der Waals surface area contributed by atoms with Crippen LogP contribution in [-0.4, -0.2) is 35.9 Å². The highest BCUT2D eigenvalue weighted by molar-refractivity contribution is 5.91. The highest BCUT2D eigenvalue weighted by Gasteiger charge is 2.29. The molecule has 0 radical (unpaired) electrons. The molecule has 0 aliphatic carbocycles. The molecule has 0 aromatic heterocycles. The summed E-state index contributed by atoms with van der Waals surface area (Å²) >= 11 is 0. The monoisotopic (exact) mass is 392 g/mol. The van der Waals surface area contributed by atoms with Crippen LogP contribution in [0.3, 0.4) is 0 Å². The third kappa shape index (κ3) is 8.07. The van der Waals surface area contributed by atoms with E-state index in [1.807, 2.05) is 13.0 Å². The molecule has 9 nitrogen and oxygen atoms in total. The SMILES string of the molecule is CC[C@H](C)[C@H](NC(=O)[C@H](CCC(N)=O)NC(=O)OCc1ccccc1)C(N)=O. The van der Waals surface area contributed by atoms with Gasteiger partial charge in [-0.25, -0.2) is 4.79 Å². The molecule has 0 aliphatic heterocycles. The van der Waals surface area contributed by atoms with E-state index < -0.39 is 35.9 Å². The van der Waals surface area contributed by atoms with Gasteiger partial charge in [0.25, 0.3) is 0 Å². The van der Waals surface area contributed by atoms with Crippen LogP contribution in [0, 0.1) is 5.92 Å². The molecule has 1 rings (SSSR count). The van der Waals surface area contributed by atoms with E-state index in [-0.39, 0.29) is 25.4 Å². The molecule has 0 spiro atoms. The normalized spacial score (nSPS) is 13.6. The van der Waals surface area contributed by atoms with Gasteiger partial charge >= 0.3 is 6.09 Å². The molecule has 154 valence electrons. The number of ether oxygens (including phenoxy) is 1. The van der Waals surface area contributed by atoms with Crippen molar-refractivity contribution in [2.24, 2.45) is 17.4 Å². The van der Waals surface area contributed by atoms with Crippen LogP contribution in [0.4, 0.5) is 4.79 Å². The van der Waals surface area contributed by atoms with Crippen molar-refractivity contribution in [3.05, 3.63) is 35.9 Å². The first-order valence-corrected chi connectivity index (χ1v) is 9.09. The van der Waals surface area contributed by atoms with Crippen molar-refractivity contribution in [1.82, 2.24) is 10.6 Å². The van der Waals surface area contributed by atoms with Crippen molar-refractivity contribution in [3.63, 3.8) is 0 Å². The van der Waals surface area contributed by atoms with Crippen LogP contribution in [0.15, 0.2) is 30.3 Å². The van der Waals surface area contributed by atoms with Gasteiger partial charge in [-0.05, 0) is 17.9 Å². The molecule has 1 aromatic carbocycles. The standard InChI is InChI=1S/C19H28N4O5/c1-3-12(2)16(17(21)25)23-18(26)14(9-10-15(20)24)22-19(27)28-11-13-7-5-4-6-8-13/h4-8,12,14,16H,3,9-11H2,1-2H3,(H2,20,24)(H2,21,25)(H,22,27)(H,23,26)/t12-,14-,16-/m0/s1. The summed E-state index contributed by atoms with van der Waals surface area (Å²) in [4.78, 5) is 47.3. The number of hydrogen-bond donors (Lipinski definition) is 4. The molecule has 0 bridgehead atoms. The summed E-state index contributed by atoms with van der Waals surface area (Å²) in [7, 11) is 0. The van der Waals surface area contributed by atoms with Gasteiger partial charge in [0.1, 0.15) is 18.7 Å². The maximum Gasteiger partial charge on any atom is 0.408 e. The molecule has 4 amide bonds. The van der Waals surface area contributed by atoms with Crippen LogP contribution in [0.25, 0.3) is 0 Å². The number of alkyl carbamates (subject to hydrolysis) is 1. The van der Waals surface area contributed by atoms with Gasteiger partial charge in [0.15, 0.2) is 0 Å². The first-order valence-electron chi connectivity index (χ1n) is 9.09. The second kappa shape index (κ2) is 11.6. The third-order valence-corrected chi connectivity index (χ3v) is 4.32. The number of carbonyl (C=O) groups excluding carboxylic acids is 4.